The SMILES string of the molecule is CCOc1cc(C)nc(N2CCCN(CCBr)CC2)n1. The maximum atomic E-state index is 5.51. The van der Waals surface area contributed by atoms with E-state index in [1.807, 2.05) is 19.9 Å². The smallest absolute Gasteiger partial charge is 0.228 e. The van der Waals surface area contributed by atoms with Crippen LogP contribution < -0.4 is 9.64 Å². The maximum Gasteiger partial charge on any atom is 0.228 e. The van der Waals surface area contributed by atoms with E-state index in [-0.39, 0.29) is 0 Å². The Morgan fingerprint density at radius 3 is 2.85 bits per heavy atom. The summed E-state index contributed by atoms with van der Waals surface area (Å²) in [5.41, 5.74) is 0.958. The lowest BCUT2D eigenvalue weighted by molar-refractivity contribution is 0.313. The van der Waals surface area contributed by atoms with Crippen LogP contribution in [0.5, 0.6) is 5.88 Å². The lowest BCUT2D eigenvalue weighted by Crippen LogP contribution is -2.32. The van der Waals surface area contributed by atoms with Gasteiger partial charge in [0.05, 0.1) is 6.61 Å². The van der Waals surface area contributed by atoms with Crippen molar-refractivity contribution in [2.75, 3.05) is 49.6 Å². The summed E-state index contributed by atoms with van der Waals surface area (Å²) in [6.07, 6.45) is 1.15. The van der Waals surface area contributed by atoms with Gasteiger partial charge in [-0.25, -0.2) is 4.98 Å². The Morgan fingerprint density at radius 2 is 2.10 bits per heavy atom. The summed E-state index contributed by atoms with van der Waals surface area (Å²) in [5, 5.41) is 1.03. The summed E-state index contributed by atoms with van der Waals surface area (Å²) in [7, 11) is 0. The largest absolute Gasteiger partial charge is 0.478 e. The van der Waals surface area contributed by atoms with E-state index in [0.29, 0.717) is 12.5 Å². The van der Waals surface area contributed by atoms with Crippen molar-refractivity contribution in [1.29, 1.82) is 0 Å². The number of hydrogen-bond acceptors (Lipinski definition) is 5. The molecule has 0 saturated carbocycles. The third kappa shape index (κ3) is 4.31. The van der Waals surface area contributed by atoms with Crippen LogP contribution in [0.2, 0.25) is 0 Å². The molecule has 6 heteroatoms. The van der Waals surface area contributed by atoms with Gasteiger partial charge in [-0.3, -0.25) is 0 Å². The van der Waals surface area contributed by atoms with E-state index in [2.05, 4.69) is 35.7 Å². The minimum atomic E-state index is 0.634. The van der Waals surface area contributed by atoms with Gasteiger partial charge in [0.1, 0.15) is 0 Å². The van der Waals surface area contributed by atoms with E-state index in [1.165, 1.54) is 0 Å². The monoisotopic (exact) mass is 342 g/mol. The molecular formula is C14H23BrN4O. The highest BCUT2D eigenvalue weighted by molar-refractivity contribution is 9.09. The van der Waals surface area contributed by atoms with Crippen LogP contribution in [0.15, 0.2) is 6.07 Å². The van der Waals surface area contributed by atoms with Gasteiger partial charge in [0.25, 0.3) is 0 Å². The Labute approximate surface area is 129 Å². The van der Waals surface area contributed by atoms with Crippen LogP contribution in [0.4, 0.5) is 5.95 Å². The van der Waals surface area contributed by atoms with Gasteiger partial charge in [0.2, 0.25) is 11.8 Å². The van der Waals surface area contributed by atoms with Crippen molar-refractivity contribution < 1.29 is 4.74 Å². The van der Waals surface area contributed by atoms with Crippen molar-refractivity contribution in [2.24, 2.45) is 0 Å². The zero-order valence-electron chi connectivity index (χ0n) is 12.3. The molecule has 0 unspecified atom stereocenters. The van der Waals surface area contributed by atoms with Crippen molar-refractivity contribution >= 4 is 21.9 Å². The average Bonchev–Trinajstić information content (AvgIpc) is 2.65. The fourth-order valence-electron chi connectivity index (χ4n) is 2.40. The van der Waals surface area contributed by atoms with Gasteiger partial charge in [0.15, 0.2) is 0 Å². The van der Waals surface area contributed by atoms with Gasteiger partial charge in [0, 0.05) is 43.3 Å². The molecule has 1 fully saturated rings. The van der Waals surface area contributed by atoms with Crippen LogP contribution in [-0.4, -0.2) is 59.5 Å². The molecule has 0 atom stereocenters. The molecule has 0 spiro atoms. The summed E-state index contributed by atoms with van der Waals surface area (Å²) in [5.74, 6) is 1.48. The quantitative estimate of drug-likeness (QED) is 0.766. The number of aryl methyl sites for hydroxylation is 1. The highest BCUT2D eigenvalue weighted by atomic mass is 79.9. The molecule has 20 heavy (non-hydrogen) atoms. The molecule has 5 nitrogen and oxygen atoms in total. The lowest BCUT2D eigenvalue weighted by atomic mass is 10.4. The first-order valence-electron chi connectivity index (χ1n) is 7.24. The average molecular weight is 343 g/mol. The maximum absolute atomic E-state index is 5.51. The molecule has 1 aromatic heterocycles. The van der Waals surface area contributed by atoms with Crippen LogP contribution in [0.1, 0.15) is 19.0 Å². The molecule has 1 aromatic rings. The minimum Gasteiger partial charge on any atom is -0.478 e. The van der Waals surface area contributed by atoms with Crippen molar-refractivity contribution in [3.63, 3.8) is 0 Å². The van der Waals surface area contributed by atoms with E-state index in [9.17, 15) is 0 Å². The van der Waals surface area contributed by atoms with Crippen LogP contribution >= 0.6 is 15.9 Å². The Morgan fingerprint density at radius 1 is 1.25 bits per heavy atom. The molecule has 0 N–H and O–H groups in total. The number of anilines is 1. The van der Waals surface area contributed by atoms with Gasteiger partial charge < -0.3 is 14.5 Å². The number of ether oxygens (including phenoxy) is 1. The number of alkyl halides is 1. The van der Waals surface area contributed by atoms with Crippen molar-refractivity contribution in [1.82, 2.24) is 14.9 Å². The van der Waals surface area contributed by atoms with Gasteiger partial charge >= 0.3 is 0 Å². The first kappa shape index (κ1) is 15.5. The molecule has 0 aromatic carbocycles. The van der Waals surface area contributed by atoms with E-state index >= 15 is 0 Å². The van der Waals surface area contributed by atoms with E-state index < -0.39 is 0 Å². The number of rotatable bonds is 5. The Bertz CT molecular complexity index is 430. The van der Waals surface area contributed by atoms with Gasteiger partial charge in [-0.2, -0.15) is 4.98 Å². The standard InChI is InChI=1S/C14H23BrN4O/c1-3-20-13-11-12(2)16-14(17-13)19-7-4-6-18(8-5-15)9-10-19/h11H,3-10H2,1-2H3. The second-order valence-electron chi connectivity index (χ2n) is 4.95. The molecule has 0 amide bonds. The molecule has 2 rings (SSSR count). The number of halogens is 1. The van der Waals surface area contributed by atoms with Crippen LogP contribution in [-0.2, 0) is 0 Å². The van der Waals surface area contributed by atoms with Crippen LogP contribution in [0, 0.1) is 6.92 Å². The van der Waals surface area contributed by atoms with Gasteiger partial charge in [-0.15, -0.1) is 0 Å². The molecule has 2 heterocycles. The zero-order valence-corrected chi connectivity index (χ0v) is 13.9. The van der Waals surface area contributed by atoms with E-state index in [4.69, 9.17) is 4.74 Å². The normalized spacial score (nSPS) is 17.1. The number of nitrogens with zero attached hydrogens (tertiary/aromatic N) is 4. The minimum absolute atomic E-state index is 0.634. The van der Waals surface area contributed by atoms with Gasteiger partial charge in [-0.05, 0) is 26.8 Å². The summed E-state index contributed by atoms with van der Waals surface area (Å²) in [6, 6.07) is 1.89. The summed E-state index contributed by atoms with van der Waals surface area (Å²) in [6.45, 7) is 9.89. The highest BCUT2D eigenvalue weighted by Crippen LogP contribution is 2.17. The molecule has 0 radical (unpaired) electrons. The summed E-state index contributed by atoms with van der Waals surface area (Å²) < 4.78 is 5.51. The number of aromatic nitrogens is 2. The lowest BCUT2D eigenvalue weighted by Gasteiger charge is -2.22. The van der Waals surface area contributed by atoms with Crippen LogP contribution in [0.25, 0.3) is 0 Å². The molecule has 1 aliphatic heterocycles. The van der Waals surface area contributed by atoms with Gasteiger partial charge in [-0.1, -0.05) is 15.9 Å². The summed E-state index contributed by atoms with van der Waals surface area (Å²) >= 11 is 3.51. The molecule has 1 saturated heterocycles. The Hall–Kier alpha value is -0.880. The molecule has 1 aliphatic rings. The predicted octanol–water partition coefficient (Wildman–Crippen LogP) is 2.09. The van der Waals surface area contributed by atoms with E-state index in [0.717, 1.165) is 56.1 Å². The third-order valence-corrected chi connectivity index (χ3v) is 3.74. The first-order chi connectivity index (χ1) is 9.72. The van der Waals surface area contributed by atoms with Crippen molar-refractivity contribution in [3.8, 4) is 5.88 Å². The first-order valence-corrected chi connectivity index (χ1v) is 8.37. The number of hydrogen-bond donors (Lipinski definition) is 0. The zero-order chi connectivity index (χ0) is 14.4. The Kier molecular flexibility index (Phi) is 6.04. The molecular weight excluding hydrogens is 320 g/mol. The molecule has 0 aliphatic carbocycles. The second kappa shape index (κ2) is 7.78. The molecule has 0 bridgehead atoms. The fourth-order valence-corrected chi connectivity index (χ4v) is 2.90. The Balaban J connectivity index is 2.07. The second-order valence-corrected chi connectivity index (χ2v) is 5.74. The topological polar surface area (TPSA) is 41.5 Å². The summed E-state index contributed by atoms with van der Waals surface area (Å²) in [4.78, 5) is 13.8. The third-order valence-electron chi connectivity index (χ3n) is 3.38. The highest BCUT2D eigenvalue weighted by Gasteiger charge is 2.17. The van der Waals surface area contributed by atoms with Crippen molar-refractivity contribution in [2.45, 2.75) is 20.3 Å². The van der Waals surface area contributed by atoms with E-state index in [1.54, 1.807) is 0 Å². The predicted molar refractivity (Wildman–Crippen MR) is 85.0 cm³/mol. The fraction of sp³-hybridized carbons (Fsp3) is 0.714. The molecule has 112 valence electrons. The van der Waals surface area contributed by atoms with Crippen LogP contribution in [0.3, 0.4) is 0 Å². The van der Waals surface area contributed by atoms with Crippen molar-refractivity contribution in [3.05, 3.63) is 11.8 Å².